The lowest BCUT2D eigenvalue weighted by Gasteiger charge is -2.27. The highest BCUT2D eigenvalue weighted by Crippen LogP contribution is 2.39. The SMILES string of the molecule is N#Cc1c2ccccc2c(C#N)c2c(C=Cc3ccc(N(c4ccccc4)c4cccc5ccccc45)cc3)cccc12. The van der Waals surface area contributed by atoms with Crippen molar-refractivity contribution in [3.05, 3.63) is 162 Å². The van der Waals surface area contributed by atoms with E-state index in [0.29, 0.717) is 11.1 Å². The van der Waals surface area contributed by atoms with Gasteiger partial charge in [-0.15, -0.1) is 0 Å². The van der Waals surface area contributed by atoms with E-state index >= 15 is 0 Å². The first-order valence-electron chi connectivity index (χ1n) is 14.2. The quantitative estimate of drug-likeness (QED) is 0.159. The van der Waals surface area contributed by atoms with Gasteiger partial charge in [0.2, 0.25) is 0 Å². The van der Waals surface area contributed by atoms with E-state index < -0.39 is 0 Å². The van der Waals surface area contributed by atoms with Crippen LogP contribution in [0.2, 0.25) is 0 Å². The van der Waals surface area contributed by atoms with Crippen LogP contribution in [-0.2, 0) is 0 Å². The normalized spacial score (nSPS) is 11.1. The topological polar surface area (TPSA) is 50.8 Å². The van der Waals surface area contributed by atoms with E-state index in [-0.39, 0.29) is 0 Å². The summed E-state index contributed by atoms with van der Waals surface area (Å²) in [5.41, 5.74) is 6.39. The maximum Gasteiger partial charge on any atom is 0.100 e. The second-order valence-corrected chi connectivity index (χ2v) is 10.4. The molecule has 0 saturated carbocycles. The van der Waals surface area contributed by atoms with Gasteiger partial charge in [0.25, 0.3) is 0 Å². The average molecular weight is 548 g/mol. The molecule has 200 valence electrons. The minimum atomic E-state index is 0.591. The minimum Gasteiger partial charge on any atom is -0.310 e. The van der Waals surface area contributed by atoms with Crippen molar-refractivity contribution in [2.45, 2.75) is 0 Å². The van der Waals surface area contributed by atoms with Crippen LogP contribution >= 0.6 is 0 Å². The van der Waals surface area contributed by atoms with Crippen molar-refractivity contribution in [1.29, 1.82) is 10.5 Å². The third-order valence-corrected chi connectivity index (χ3v) is 7.93. The molecule has 7 aromatic rings. The number of nitrogens with zero attached hydrogens (tertiary/aromatic N) is 3. The van der Waals surface area contributed by atoms with Crippen molar-refractivity contribution in [2.24, 2.45) is 0 Å². The van der Waals surface area contributed by atoms with E-state index in [1.165, 1.54) is 10.8 Å². The molecule has 0 fully saturated rings. The van der Waals surface area contributed by atoms with Crippen molar-refractivity contribution in [1.82, 2.24) is 0 Å². The summed E-state index contributed by atoms with van der Waals surface area (Å²) in [5.74, 6) is 0. The van der Waals surface area contributed by atoms with Crippen LogP contribution in [-0.4, -0.2) is 0 Å². The fourth-order valence-corrected chi connectivity index (χ4v) is 5.96. The molecular weight excluding hydrogens is 522 g/mol. The van der Waals surface area contributed by atoms with Gasteiger partial charge in [0.1, 0.15) is 12.1 Å². The van der Waals surface area contributed by atoms with Crippen molar-refractivity contribution < 1.29 is 0 Å². The van der Waals surface area contributed by atoms with E-state index in [4.69, 9.17) is 0 Å². The summed E-state index contributed by atoms with van der Waals surface area (Å²) < 4.78 is 0. The molecule has 0 atom stereocenters. The van der Waals surface area contributed by atoms with Gasteiger partial charge in [-0.05, 0) is 46.8 Å². The zero-order valence-corrected chi connectivity index (χ0v) is 23.3. The molecule has 0 amide bonds. The van der Waals surface area contributed by atoms with Gasteiger partial charge < -0.3 is 4.90 Å². The lowest BCUT2D eigenvalue weighted by atomic mass is 9.90. The maximum atomic E-state index is 10.2. The fourth-order valence-electron chi connectivity index (χ4n) is 5.96. The van der Waals surface area contributed by atoms with Crippen LogP contribution < -0.4 is 4.90 Å². The fraction of sp³-hybridized carbons (Fsp3) is 0. The van der Waals surface area contributed by atoms with Crippen LogP contribution in [0.25, 0.3) is 44.5 Å². The molecule has 0 radical (unpaired) electrons. The molecule has 0 saturated heterocycles. The molecule has 3 heteroatoms. The van der Waals surface area contributed by atoms with E-state index in [9.17, 15) is 10.5 Å². The first-order valence-corrected chi connectivity index (χ1v) is 14.2. The van der Waals surface area contributed by atoms with Crippen molar-refractivity contribution in [2.75, 3.05) is 4.90 Å². The molecule has 3 nitrogen and oxygen atoms in total. The van der Waals surface area contributed by atoms with E-state index in [0.717, 1.165) is 49.7 Å². The smallest absolute Gasteiger partial charge is 0.100 e. The second kappa shape index (κ2) is 11.0. The summed E-state index contributed by atoms with van der Waals surface area (Å²) in [6.07, 6.45) is 4.10. The number of hydrogen-bond donors (Lipinski definition) is 0. The van der Waals surface area contributed by atoms with Gasteiger partial charge in [-0.1, -0.05) is 121 Å². The van der Waals surface area contributed by atoms with Gasteiger partial charge in [0, 0.05) is 38.3 Å². The van der Waals surface area contributed by atoms with Gasteiger partial charge in [-0.3, -0.25) is 0 Å². The number of fused-ring (bicyclic) bond motifs is 3. The van der Waals surface area contributed by atoms with Crippen LogP contribution in [0.5, 0.6) is 0 Å². The number of nitriles is 2. The third-order valence-electron chi connectivity index (χ3n) is 7.93. The Hall–Kier alpha value is -6.16. The molecule has 7 rings (SSSR count). The van der Waals surface area contributed by atoms with E-state index in [1.807, 2.05) is 54.6 Å². The first kappa shape index (κ1) is 25.8. The zero-order valence-electron chi connectivity index (χ0n) is 23.3. The molecule has 43 heavy (non-hydrogen) atoms. The largest absolute Gasteiger partial charge is 0.310 e. The van der Waals surface area contributed by atoms with Gasteiger partial charge >= 0.3 is 0 Å². The lowest BCUT2D eigenvalue weighted by Crippen LogP contribution is -2.10. The van der Waals surface area contributed by atoms with Gasteiger partial charge in [0.05, 0.1) is 16.8 Å². The van der Waals surface area contributed by atoms with Crippen molar-refractivity contribution in [3.8, 4) is 12.1 Å². The Morgan fingerprint density at radius 3 is 1.79 bits per heavy atom. The van der Waals surface area contributed by atoms with Gasteiger partial charge in [0.15, 0.2) is 0 Å². The standard InChI is InChI=1S/C40H25N3/c41-26-37-34-16-6-7-17-35(34)38(27-42)40-30(12-8-18-36(37)40)23-20-28-21-24-32(25-22-28)43(31-13-2-1-3-14-31)39-19-9-11-29-10-4-5-15-33(29)39/h1-25H. The molecule has 0 spiro atoms. The highest BCUT2D eigenvalue weighted by Gasteiger charge is 2.16. The molecule has 0 unspecified atom stereocenters. The maximum absolute atomic E-state index is 10.2. The molecule has 0 aromatic heterocycles. The highest BCUT2D eigenvalue weighted by molar-refractivity contribution is 6.12. The van der Waals surface area contributed by atoms with Crippen molar-refractivity contribution in [3.63, 3.8) is 0 Å². The second-order valence-electron chi connectivity index (χ2n) is 10.4. The van der Waals surface area contributed by atoms with E-state index in [1.54, 1.807) is 0 Å². The van der Waals surface area contributed by atoms with Crippen LogP contribution in [0, 0.1) is 22.7 Å². The van der Waals surface area contributed by atoms with Crippen LogP contribution in [0.15, 0.2) is 140 Å². The lowest BCUT2D eigenvalue weighted by molar-refractivity contribution is 1.30. The number of hydrogen-bond acceptors (Lipinski definition) is 3. The molecule has 0 aliphatic rings. The highest BCUT2D eigenvalue weighted by atomic mass is 15.1. The summed E-state index contributed by atoms with van der Waals surface area (Å²) in [6.45, 7) is 0. The molecule has 0 N–H and O–H groups in total. The number of rotatable bonds is 5. The molecule has 0 aliphatic heterocycles. The predicted molar refractivity (Wildman–Crippen MR) is 178 cm³/mol. The number of benzene rings is 7. The summed E-state index contributed by atoms with van der Waals surface area (Å²) in [7, 11) is 0. The minimum absolute atomic E-state index is 0.591. The van der Waals surface area contributed by atoms with Crippen LogP contribution in [0.1, 0.15) is 22.3 Å². The third kappa shape index (κ3) is 4.56. The van der Waals surface area contributed by atoms with Gasteiger partial charge in [-0.2, -0.15) is 10.5 Å². The Balaban J connectivity index is 1.31. The Labute approximate surface area is 250 Å². The number of anilines is 3. The van der Waals surface area contributed by atoms with Gasteiger partial charge in [-0.25, -0.2) is 0 Å². The summed E-state index contributed by atoms with van der Waals surface area (Å²) >= 11 is 0. The molecule has 0 bridgehead atoms. The molecule has 0 heterocycles. The Morgan fingerprint density at radius 1 is 0.465 bits per heavy atom. The van der Waals surface area contributed by atoms with Crippen LogP contribution in [0.3, 0.4) is 0 Å². The summed E-state index contributed by atoms with van der Waals surface area (Å²) in [5, 5.41) is 25.8. The van der Waals surface area contributed by atoms with E-state index in [2.05, 4.69) is 114 Å². The Bertz CT molecular complexity index is 2240. The molecule has 0 aliphatic carbocycles. The zero-order chi connectivity index (χ0) is 29.2. The average Bonchev–Trinajstić information content (AvgIpc) is 3.07. The Kier molecular flexibility index (Phi) is 6.61. The monoisotopic (exact) mass is 547 g/mol. The van der Waals surface area contributed by atoms with Crippen LogP contribution in [0.4, 0.5) is 17.1 Å². The molecule has 7 aromatic carbocycles. The Morgan fingerprint density at radius 2 is 1.05 bits per heavy atom. The summed E-state index contributed by atoms with van der Waals surface area (Å²) in [6, 6.07) is 52.1. The number of para-hydroxylation sites is 1. The molecular formula is C40H25N3. The summed E-state index contributed by atoms with van der Waals surface area (Å²) in [4.78, 5) is 2.29. The predicted octanol–water partition coefficient (Wildman–Crippen LogP) is 10.5. The first-order chi connectivity index (χ1) is 21.3. The van der Waals surface area contributed by atoms with Crippen molar-refractivity contribution >= 4 is 61.5 Å².